The molecule has 0 amide bonds. The predicted molar refractivity (Wildman–Crippen MR) is 79.0 cm³/mol. The van der Waals surface area contributed by atoms with E-state index in [1.807, 2.05) is 6.07 Å². The third-order valence-electron chi connectivity index (χ3n) is 2.42. The molecule has 1 aromatic rings. The van der Waals surface area contributed by atoms with E-state index >= 15 is 0 Å². The van der Waals surface area contributed by atoms with E-state index in [1.165, 1.54) is 20.3 Å². The average molecular weight is 289 g/mol. The largest absolute Gasteiger partial charge is 0.497 e. The summed E-state index contributed by atoms with van der Waals surface area (Å²) >= 11 is 0. The zero-order chi connectivity index (χ0) is 16.0. The Kier molecular flexibility index (Phi) is 5.37. The van der Waals surface area contributed by atoms with Crippen LogP contribution < -0.4 is 9.47 Å². The maximum atomic E-state index is 11.9. The normalized spacial score (nSPS) is 11.5. The summed E-state index contributed by atoms with van der Waals surface area (Å²) in [6, 6.07) is 6.96. The van der Waals surface area contributed by atoms with E-state index < -0.39 is 11.6 Å². The highest BCUT2D eigenvalue weighted by Crippen LogP contribution is 2.24. The van der Waals surface area contributed by atoms with E-state index in [-0.39, 0.29) is 5.57 Å². The first-order valence-corrected chi connectivity index (χ1v) is 6.37. The summed E-state index contributed by atoms with van der Waals surface area (Å²) in [5.41, 5.74) is -0.118. The zero-order valence-electron chi connectivity index (χ0n) is 12.9. The summed E-state index contributed by atoms with van der Waals surface area (Å²) in [4.78, 5) is 11.9. The van der Waals surface area contributed by atoms with Crippen LogP contribution in [0.25, 0.3) is 6.08 Å². The molecule has 0 spiro atoms. The lowest BCUT2D eigenvalue weighted by Gasteiger charge is -2.19. The topological polar surface area (TPSA) is 68.5 Å². The van der Waals surface area contributed by atoms with Crippen molar-refractivity contribution in [3.05, 3.63) is 29.3 Å². The molecule has 0 aliphatic carbocycles. The van der Waals surface area contributed by atoms with Crippen molar-refractivity contribution in [1.29, 1.82) is 5.26 Å². The van der Waals surface area contributed by atoms with Crippen LogP contribution >= 0.6 is 0 Å². The van der Waals surface area contributed by atoms with Crippen LogP contribution in [0.1, 0.15) is 26.3 Å². The summed E-state index contributed by atoms with van der Waals surface area (Å²) in [6.07, 6.45) is 1.44. The first-order chi connectivity index (χ1) is 9.78. The summed E-state index contributed by atoms with van der Waals surface area (Å²) in [5, 5.41) is 9.13. The van der Waals surface area contributed by atoms with Gasteiger partial charge in [-0.15, -0.1) is 0 Å². The van der Waals surface area contributed by atoms with Gasteiger partial charge in [0.2, 0.25) is 0 Å². The summed E-state index contributed by atoms with van der Waals surface area (Å²) in [7, 11) is 3.06. The van der Waals surface area contributed by atoms with Crippen molar-refractivity contribution in [3.8, 4) is 17.6 Å². The van der Waals surface area contributed by atoms with Gasteiger partial charge in [0.25, 0.3) is 0 Å². The fraction of sp³-hybridized carbons (Fsp3) is 0.375. The molecule has 0 atom stereocenters. The number of benzene rings is 1. The smallest absolute Gasteiger partial charge is 0.349 e. The van der Waals surface area contributed by atoms with Crippen LogP contribution in [-0.4, -0.2) is 25.8 Å². The van der Waals surface area contributed by atoms with Crippen molar-refractivity contribution in [1.82, 2.24) is 0 Å². The zero-order valence-corrected chi connectivity index (χ0v) is 12.9. The molecule has 0 bridgehead atoms. The summed E-state index contributed by atoms with van der Waals surface area (Å²) in [6.45, 7) is 5.23. The van der Waals surface area contributed by atoms with Crippen molar-refractivity contribution in [2.75, 3.05) is 14.2 Å². The van der Waals surface area contributed by atoms with Crippen LogP contribution in [0, 0.1) is 11.3 Å². The van der Waals surface area contributed by atoms with Crippen molar-refractivity contribution in [2.24, 2.45) is 0 Å². The number of methoxy groups -OCH3 is 2. The molecular weight excluding hydrogens is 270 g/mol. The van der Waals surface area contributed by atoms with Gasteiger partial charge in [0.05, 0.1) is 14.2 Å². The number of hydrogen-bond donors (Lipinski definition) is 0. The molecule has 0 saturated heterocycles. The van der Waals surface area contributed by atoms with Gasteiger partial charge in [-0.2, -0.15) is 5.26 Å². The monoisotopic (exact) mass is 289 g/mol. The van der Waals surface area contributed by atoms with Crippen molar-refractivity contribution < 1.29 is 19.0 Å². The molecule has 0 aliphatic heterocycles. The molecule has 0 aromatic heterocycles. The Morgan fingerprint density at radius 2 is 1.67 bits per heavy atom. The molecule has 5 nitrogen and oxygen atoms in total. The Balaban J connectivity index is 3.14. The second-order valence-electron chi connectivity index (χ2n) is 5.32. The third kappa shape index (κ3) is 5.19. The van der Waals surface area contributed by atoms with Gasteiger partial charge in [-0.3, -0.25) is 0 Å². The van der Waals surface area contributed by atoms with Gasteiger partial charge < -0.3 is 14.2 Å². The fourth-order valence-corrected chi connectivity index (χ4v) is 1.55. The molecule has 0 heterocycles. The molecule has 5 heteroatoms. The van der Waals surface area contributed by atoms with Crippen molar-refractivity contribution in [2.45, 2.75) is 26.4 Å². The number of hydrogen-bond acceptors (Lipinski definition) is 5. The van der Waals surface area contributed by atoms with Crippen LogP contribution in [0.4, 0.5) is 0 Å². The van der Waals surface area contributed by atoms with Crippen LogP contribution in [-0.2, 0) is 9.53 Å². The van der Waals surface area contributed by atoms with Gasteiger partial charge in [-0.25, -0.2) is 4.79 Å². The van der Waals surface area contributed by atoms with E-state index in [2.05, 4.69) is 0 Å². The van der Waals surface area contributed by atoms with Crippen molar-refractivity contribution >= 4 is 12.0 Å². The minimum absolute atomic E-state index is 0.0831. The lowest BCUT2D eigenvalue weighted by atomic mass is 10.1. The van der Waals surface area contributed by atoms with Crippen LogP contribution in [0.3, 0.4) is 0 Å². The molecule has 0 N–H and O–H groups in total. The van der Waals surface area contributed by atoms with Crippen LogP contribution in [0.5, 0.6) is 11.5 Å². The SMILES string of the molecule is COc1cc(/C=C(\C#N)C(=O)OC(C)(C)C)cc(OC)c1. The molecule has 1 aromatic carbocycles. The summed E-state index contributed by atoms with van der Waals surface area (Å²) in [5.74, 6) is 0.482. The molecule has 0 aliphatic rings. The minimum Gasteiger partial charge on any atom is -0.497 e. The standard InChI is InChI=1S/C16H19NO4/c1-16(2,3)21-15(18)12(10-17)6-11-7-13(19-4)9-14(8-11)20-5/h6-9H,1-5H3/b12-6+. The number of carbonyl (C=O) groups is 1. The van der Waals surface area contributed by atoms with E-state index in [0.29, 0.717) is 17.1 Å². The van der Waals surface area contributed by atoms with Gasteiger partial charge in [0.1, 0.15) is 28.7 Å². The number of rotatable bonds is 4. The Morgan fingerprint density at radius 3 is 2.05 bits per heavy atom. The van der Waals surface area contributed by atoms with Crippen LogP contribution in [0.2, 0.25) is 0 Å². The van der Waals surface area contributed by atoms with Gasteiger partial charge in [-0.05, 0) is 44.5 Å². The minimum atomic E-state index is -0.660. The highest BCUT2D eigenvalue weighted by molar-refractivity contribution is 5.98. The van der Waals surface area contributed by atoms with Gasteiger partial charge >= 0.3 is 5.97 Å². The van der Waals surface area contributed by atoms with E-state index in [4.69, 9.17) is 19.5 Å². The lowest BCUT2D eigenvalue weighted by Crippen LogP contribution is -2.24. The van der Waals surface area contributed by atoms with E-state index in [1.54, 1.807) is 39.0 Å². The predicted octanol–water partition coefficient (Wildman–Crippen LogP) is 2.95. The first kappa shape index (κ1) is 16.6. The second kappa shape index (κ2) is 6.80. The van der Waals surface area contributed by atoms with Gasteiger partial charge in [0, 0.05) is 6.07 Å². The molecule has 0 unspecified atom stereocenters. The number of carbonyl (C=O) groups excluding carboxylic acids is 1. The Morgan fingerprint density at radius 1 is 1.14 bits per heavy atom. The second-order valence-corrected chi connectivity index (χ2v) is 5.32. The molecule has 0 fully saturated rings. The highest BCUT2D eigenvalue weighted by atomic mass is 16.6. The molecule has 21 heavy (non-hydrogen) atoms. The highest BCUT2D eigenvalue weighted by Gasteiger charge is 2.19. The number of nitriles is 1. The number of nitrogens with zero attached hydrogens (tertiary/aromatic N) is 1. The fourth-order valence-electron chi connectivity index (χ4n) is 1.55. The van der Waals surface area contributed by atoms with Crippen molar-refractivity contribution in [3.63, 3.8) is 0 Å². The average Bonchev–Trinajstić information content (AvgIpc) is 2.42. The Labute approximate surface area is 124 Å². The summed E-state index contributed by atoms with van der Waals surface area (Å²) < 4.78 is 15.5. The quantitative estimate of drug-likeness (QED) is 0.484. The lowest BCUT2D eigenvalue weighted by molar-refractivity contribution is -0.149. The number of ether oxygens (including phenoxy) is 3. The van der Waals surface area contributed by atoms with Crippen LogP contribution in [0.15, 0.2) is 23.8 Å². The molecule has 0 saturated carbocycles. The van der Waals surface area contributed by atoms with Gasteiger partial charge in [0.15, 0.2) is 0 Å². The molecule has 0 radical (unpaired) electrons. The van der Waals surface area contributed by atoms with E-state index in [9.17, 15) is 4.79 Å². The Bertz CT molecular complexity index is 569. The first-order valence-electron chi connectivity index (χ1n) is 6.37. The maximum Gasteiger partial charge on any atom is 0.349 e. The molecule has 112 valence electrons. The van der Waals surface area contributed by atoms with E-state index in [0.717, 1.165) is 0 Å². The Hall–Kier alpha value is -2.48. The number of esters is 1. The molecular formula is C16H19NO4. The van der Waals surface area contributed by atoms with Gasteiger partial charge in [-0.1, -0.05) is 0 Å². The molecule has 1 rings (SSSR count). The third-order valence-corrected chi connectivity index (χ3v) is 2.42. The maximum absolute atomic E-state index is 11.9.